The smallest absolute Gasteiger partial charge is 0.747 e. The van der Waals surface area contributed by atoms with Gasteiger partial charge in [0.15, 0.2) is 0 Å². The zero-order chi connectivity index (χ0) is 16.7. The summed E-state index contributed by atoms with van der Waals surface area (Å²) >= 11 is 0. The third kappa shape index (κ3) is 2.96. The normalized spacial score (nSPS) is 19.9. The molecule has 1 aliphatic carbocycles. The number of benzene rings is 1. The van der Waals surface area contributed by atoms with Gasteiger partial charge in [0, 0.05) is 0 Å². The number of rotatable bonds is 3. The first-order chi connectivity index (χ1) is 10.9. The molecule has 1 heterocycles. The van der Waals surface area contributed by atoms with Crippen molar-refractivity contribution >= 4 is 27.1 Å². The number of ether oxygens (including phenoxy) is 1. The maximum absolute atomic E-state index is 11.9. The number of allylic oxidation sites excluding steroid dienone is 3. The van der Waals surface area contributed by atoms with Gasteiger partial charge in [0.1, 0.15) is 26.2 Å². The third-order valence-corrected chi connectivity index (χ3v) is 5.19. The van der Waals surface area contributed by atoms with Crippen molar-refractivity contribution in [2.45, 2.75) is 11.2 Å². The van der Waals surface area contributed by atoms with Crippen LogP contribution in [0.4, 0.5) is 0 Å². The van der Waals surface area contributed by atoms with Crippen LogP contribution >= 0.6 is 0 Å². The van der Waals surface area contributed by atoms with E-state index in [0.29, 0.717) is 5.52 Å². The van der Waals surface area contributed by atoms with Crippen molar-refractivity contribution in [1.82, 2.24) is 9.97 Å². The number of H-pyrrole nitrogens is 1. The molecule has 0 saturated heterocycles. The molecule has 1 atom stereocenters. The Bertz CT molecular complexity index is 948. The van der Waals surface area contributed by atoms with Crippen molar-refractivity contribution in [2.24, 2.45) is 0 Å². The summed E-state index contributed by atoms with van der Waals surface area (Å²) in [7, 11) is -3.48. The molecule has 0 amide bonds. The predicted octanol–water partition coefficient (Wildman–Crippen LogP) is -1.39. The second-order valence-corrected chi connectivity index (χ2v) is 6.75. The van der Waals surface area contributed by atoms with Crippen LogP contribution in [0.1, 0.15) is 22.6 Å². The average molecular weight is 356 g/mol. The number of fused-ring (bicyclic) bond motifs is 1. The molecular weight excluding hydrogens is 343 g/mol. The Morgan fingerprint density at radius 1 is 1.38 bits per heavy atom. The van der Waals surface area contributed by atoms with Gasteiger partial charge in [0.2, 0.25) is 0 Å². The second kappa shape index (κ2) is 6.81. The Labute approximate surface area is 160 Å². The summed E-state index contributed by atoms with van der Waals surface area (Å²) in [6, 6.07) is 4.78. The number of nitrogens with zero attached hydrogens (tertiary/aromatic N) is 1. The molecule has 1 aromatic carbocycles. The van der Waals surface area contributed by atoms with E-state index in [9.17, 15) is 17.8 Å². The number of aromatic nitrogens is 2. The van der Waals surface area contributed by atoms with Crippen LogP contribution in [0, 0.1) is 0 Å². The number of hydrogen-bond acceptors (Lipinski definition) is 6. The van der Waals surface area contributed by atoms with E-state index in [4.69, 9.17) is 4.74 Å². The first-order valence-electron chi connectivity index (χ1n) is 6.76. The van der Waals surface area contributed by atoms with Gasteiger partial charge in [-0.2, -0.15) is 0 Å². The number of imidazole rings is 1. The fraction of sp³-hybridized carbons (Fsp3) is 0.200. The fourth-order valence-electron chi connectivity index (χ4n) is 2.59. The van der Waals surface area contributed by atoms with E-state index in [1.54, 1.807) is 24.3 Å². The van der Waals surface area contributed by atoms with Crippen molar-refractivity contribution in [3.8, 4) is 0 Å². The number of esters is 1. The summed E-state index contributed by atoms with van der Waals surface area (Å²) in [4.78, 5) is 18.9. The molecule has 1 aromatic heterocycles. The molecule has 1 N–H and O–H groups in total. The average Bonchev–Trinajstić information content (AvgIpc) is 2.98. The number of nitrogens with one attached hydrogen (secondary N) is 1. The SMILES string of the molecule is COC(=O)c1cccc2[nH]c(C3(S(=O)(=O)[O-])C=CC=CC3)nc12.[Na+]. The van der Waals surface area contributed by atoms with Gasteiger partial charge >= 0.3 is 35.5 Å². The van der Waals surface area contributed by atoms with Gasteiger partial charge in [0.25, 0.3) is 0 Å². The Balaban J connectivity index is 0.00000208. The number of carbonyl (C=O) groups is 1. The van der Waals surface area contributed by atoms with E-state index < -0.39 is 20.8 Å². The summed E-state index contributed by atoms with van der Waals surface area (Å²) in [6.45, 7) is 0. The largest absolute Gasteiger partial charge is 1.00 e. The number of aromatic amines is 1. The molecule has 0 radical (unpaired) electrons. The molecule has 0 bridgehead atoms. The maximum atomic E-state index is 11.9. The van der Waals surface area contributed by atoms with Crippen LogP contribution in [0.2, 0.25) is 0 Å². The number of carbonyl (C=O) groups excluding carboxylic acids is 1. The van der Waals surface area contributed by atoms with Crippen LogP contribution in [0.5, 0.6) is 0 Å². The Kier molecular flexibility index (Phi) is 5.36. The summed E-state index contributed by atoms with van der Waals surface area (Å²) in [5.41, 5.74) is 0.912. The molecule has 3 rings (SSSR count). The molecule has 120 valence electrons. The first kappa shape index (κ1) is 18.9. The number of hydrogen-bond donors (Lipinski definition) is 1. The van der Waals surface area contributed by atoms with Crippen molar-refractivity contribution in [3.05, 3.63) is 53.9 Å². The van der Waals surface area contributed by atoms with Crippen LogP contribution in [-0.4, -0.2) is 36.0 Å². The molecule has 0 fully saturated rings. The van der Waals surface area contributed by atoms with E-state index in [0.717, 1.165) is 0 Å². The van der Waals surface area contributed by atoms with E-state index in [2.05, 4.69) is 9.97 Å². The molecule has 2 aromatic rings. The van der Waals surface area contributed by atoms with Crippen molar-refractivity contribution in [2.75, 3.05) is 7.11 Å². The predicted molar refractivity (Wildman–Crippen MR) is 81.7 cm³/mol. The molecule has 1 aliphatic rings. The minimum absolute atomic E-state index is 0. The zero-order valence-corrected chi connectivity index (χ0v) is 16.0. The molecule has 0 saturated carbocycles. The van der Waals surface area contributed by atoms with Gasteiger partial charge in [-0.25, -0.2) is 18.2 Å². The molecule has 0 spiro atoms. The molecule has 7 nitrogen and oxygen atoms in total. The molecule has 0 aliphatic heterocycles. The monoisotopic (exact) mass is 356 g/mol. The summed E-state index contributed by atoms with van der Waals surface area (Å²) in [5, 5.41) is 0. The van der Waals surface area contributed by atoms with Gasteiger partial charge in [-0.05, 0) is 18.6 Å². The molecule has 9 heteroatoms. The third-order valence-electron chi connectivity index (χ3n) is 3.80. The Morgan fingerprint density at radius 2 is 2.12 bits per heavy atom. The van der Waals surface area contributed by atoms with Crippen molar-refractivity contribution < 1.29 is 52.1 Å². The standard InChI is InChI=1S/C15H14N2O5S.Na/c1-22-13(18)10-6-5-7-11-12(10)17-14(16-11)15(23(19,20)21)8-3-2-4-9-15;/h2-8H,9H2,1H3,(H,16,17)(H,19,20,21);/q;+1/p-1. The minimum Gasteiger partial charge on any atom is -0.747 e. The van der Waals surface area contributed by atoms with E-state index in [1.165, 1.54) is 25.3 Å². The molecule has 1 unspecified atom stereocenters. The fourth-order valence-corrected chi connectivity index (χ4v) is 3.47. The Morgan fingerprint density at radius 3 is 2.71 bits per heavy atom. The summed E-state index contributed by atoms with van der Waals surface area (Å²) in [5.74, 6) is -0.605. The van der Waals surface area contributed by atoms with E-state index >= 15 is 0 Å². The van der Waals surface area contributed by atoms with Crippen LogP contribution in [0.15, 0.2) is 42.5 Å². The van der Waals surface area contributed by atoms with Crippen LogP contribution in [-0.2, 0) is 19.6 Å². The maximum Gasteiger partial charge on any atom is 1.00 e. The van der Waals surface area contributed by atoms with Gasteiger partial charge in [-0.1, -0.05) is 30.4 Å². The summed E-state index contributed by atoms with van der Waals surface area (Å²) < 4.78 is 38.5. The van der Waals surface area contributed by atoms with Gasteiger partial charge in [0.05, 0.1) is 18.2 Å². The van der Waals surface area contributed by atoms with Crippen molar-refractivity contribution in [3.63, 3.8) is 0 Å². The molecular formula is C15H13N2NaO5S. The van der Waals surface area contributed by atoms with Gasteiger partial charge in [-0.3, -0.25) is 0 Å². The summed E-state index contributed by atoms with van der Waals surface area (Å²) in [6.07, 6.45) is 6.02. The van der Waals surface area contributed by atoms with Crippen LogP contribution < -0.4 is 29.6 Å². The topological polar surface area (TPSA) is 112 Å². The minimum atomic E-state index is -4.72. The Hall–Kier alpha value is -1.45. The quantitative estimate of drug-likeness (QED) is 0.412. The van der Waals surface area contributed by atoms with E-state index in [-0.39, 0.29) is 52.9 Å². The number of para-hydroxylation sites is 1. The molecule has 24 heavy (non-hydrogen) atoms. The first-order valence-corrected chi connectivity index (χ1v) is 8.17. The second-order valence-electron chi connectivity index (χ2n) is 5.11. The van der Waals surface area contributed by atoms with Crippen LogP contribution in [0.3, 0.4) is 0 Å². The van der Waals surface area contributed by atoms with Gasteiger partial charge < -0.3 is 14.3 Å². The van der Waals surface area contributed by atoms with Crippen molar-refractivity contribution in [1.29, 1.82) is 0 Å². The number of methoxy groups -OCH3 is 1. The zero-order valence-electron chi connectivity index (χ0n) is 13.1. The van der Waals surface area contributed by atoms with Gasteiger partial charge in [-0.15, -0.1) is 0 Å². The van der Waals surface area contributed by atoms with E-state index in [1.807, 2.05) is 0 Å². The van der Waals surface area contributed by atoms with Crippen LogP contribution in [0.25, 0.3) is 11.0 Å².